The lowest BCUT2D eigenvalue weighted by molar-refractivity contribution is -0.118. The van der Waals surface area contributed by atoms with Gasteiger partial charge in [0.25, 0.3) is 0 Å². The van der Waals surface area contributed by atoms with E-state index < -0.39 is 0 Å². The lowest BCUT2D eigenvalue weighted by atomic mass is 10.0. The monoisotopic (exact) mass is 234 g/mol. The summed E-state index contributed by atoms with van der Waals surface area (Å²) in [6.45, 7) is 4.03. The maximum absolute atomic E-state index is 11.4. The van der Waals surface area contributed by atoms with Gasteiger partial charge in [0.15, 0.2) is 0 Å². The van der Waals surface area contributed by atoms with E-state index in [1.807, 2.05) is 19.1 Å². The summed E-state index contributed by atoms with van der Waals surface area (Å²) in [5.74, 6) is -0.0387. The van der Waals surface area contributed by atoms with Crippen LogP contribution in [0, 0.1) is 0 Å². The zero-order valence-corrected chi connectivity index (χ0v) is 10.4. The Morgan fingerprint density at radius 3 is 2.29 bits per heavy atom. The number of carbonyl (C=O) groups excluding carboxylic acids is 2. The van der Waals surface area contributed by atoms with Crippen LogP contribution in [0.3, 0.4) is 0 Å². The van der Waals surface area contributed by atoms with Crippen molar-refractivity contribution in [2.45, 2.75) is 33.1 Å². The molecule has 0 atom stereocenters. The number of Topliss-reactive ketones (excluding diaryl/α,β-unsaturated/α-hetero) is 1. The molecule has 0 aliphatic heterocycles. The quantitative estimate of drug-likeness (QED) is 0.711. The van der Waals surface area contributed by atoms with E-state index in [9.17, 15) is 9.59 Å². The van der Waals surface area contributed by atoms with Gasteiger partial charge >= 0.3 is 5.97 Å². The van der Waals surface area contributed by atoms with Crippen LogP contribution in [0.4, 0.5) is 0 Å². The van der Waals surface area contributed by atoms with Crippen molar-refractivity contribution < 1.29 is 14.3 Å². The Bertz CT molecular complexity index is 379. The van der Waals surface area contributed by atoms with Crippen LogP contribution in [-0.4, -0.2) is 18.4 Å². The SMILES string of the molecule is CCOC(=O)c1ccc(CCC(=O)CC)cc1. The Morgan fingerprint density at radius 2 is 1.76 bits per heavy atom. The van der Waals surface area contributed by atoms with E-state index in [0.717, 1.165) is 12.0 Å². The molecule has 0 unspecified atom stereocenters. The molecule has 0 fully saturated rings. The molecule has 1 aromatic carbocycles. The van der Waals surface area contributed by atoms with Crippen LogP contribution >= 0.6 is 0 Å². The minimum absolute atomic E-state index is 0.263. The third-order valence-electron chi connectivity index (χ3n) is 2.55. The maximum Gasteiger partial charge on any atom is 0.338 e. The van der Waals surface area contributed by atoms with Crippen LogP contribution in [0.2, 0.25) is 0 Å². The molecule has 92 valence electrons. The first kappa shape index (κ1) is 13.4. The van der Waals surface area contributed by atoms with Crippen molar-refractivity contribution in [3.63, 3.8) is 0 Å². The number of ketones is 1. The van der Waals surface area contributed by atoms with Gasteiger partial charge in [-0.05, 0) is 31.0 Å². The van der Waals surface area contributed by atoms with E-state index in [1.54, 1.807) is 19.1 Å². The first-order valence-corrected chi connectivity index (χ1v) is 5.95. The van der Waals surface area contributed by atoms with Crippen LogP contribution < -0.4 is 0 Å². The molecule has 0 aliphatic rings. The van der Waals surface area contributed by atoms with Gasteiger partial charge < -0.3 is 4.74 Å². The average Bonchev–Trinajstić information content (AvgIpc) is 2.36. The van der Waals surface area contributed by atoms with Crippen molar-refractivity contribution in [1.82, 2.24) is 0 Å². The van der Waals surface area contributed by atoms with E-state index in [0.29, 0.717) is 25.0 Å². The molecule has 1 aromatic rings. The van der Waals surface area contributed by atoms with Gasteiger partial charge in [0.2, 0.25) is 0 Å². The van der Waals surface area contributed by atoms with Crippen molar-refractivity contribution in [2.24, 2.45) is 0 Å². The minimum Gasteiger partial charge on any atom is -0.462 e. The zero-order chi connectivity index (χ0) is 12.7. The molecule has 17 heavy (non-hydrogen) atoms. The fourth-order valence-electron chi connectivity index (χ4n) is 1.48. The molecule has 0 spiro atoms. The molecule has 0 radical (unpaired) electrons. The van der Waals surface area contributed by atoms with Crippen LogP contribution in [0.1, 0.15) is 42.6 Å². The van der Waals surface area contributed by atoms with Crippen LogP contribution in [-0.2, 0) is 16.0 Å². The lowest BCUT2D eigenvalue weighted by Gasteiger charge is -2.03. The topological polar surface area (TPSA) is 43.4 Å². The highest BCUT2D eigenvalue weighted by atomic mass is 16.5. The number of rotatable bonds is 6. The summed E-state index contributed by atoms with van der Waals surface area (Å²) in [4.78, 5) is 22.6. The highest BCUT2D eigenvalue weighted by Crippen LogP contribution is 2.08. The number of carbonyl (C=O) groups is 2. The predicted molar refractivity (Wildman–Crippen MR) is 66.0 cm³/mol. The van der Waals surface area contributed by atoms with Gasteiger partial charge in [-0.1, -0.05) is 19.1 Å². The largest absolute Gasteiger partial charge is 0.462 e. The number of hydrogen-bond acceptors (Lipinski definition) is 3. The number of hydrogen-bond donors (Lipinski definition) is 0. The lowest BCUT2D eigenvalue weighted by Crippen LogP contribution is -2.04. The molecule has 0 saturated heterocycles. The Morgan fingerprint density at radius 1 is 1.12 bits per heavy atom. The van der Waals surface area contributed by atoms with Gasteiger partial charge in [-0.2, -0.15) is 0 Å². The molecule has 3 nitrogen and oxygen atoms in total. The molecule has 0 aromatic heterocycles. The molecule has 1 rings (SSSR count). The van der Waals surface area contributed by atoms with Crippen molar-refractivity contribution in [3.05, 3.63) is 35.4 Å². The van der Waals surface area contributed by atoms with Gasteiger partial charge in [-0.25, -0.2) is 4.79 Å². The van der Waals surface area contributed by atoms with Crippen molar-refractivity contribution in [2.75, 3.05) is 6.61 Å². The fraction of sp³-hybridized carbons (Fsp3) is 0.429. The molecule has 0 heterocycles. The van der Waals surface area contributed by atoms with Gasteiger partial charge in [-0.15, -0.1) is 0 Å². The van der Waals surface area contributed by atoms with Gasteiger partial charge in [0.1, 0.15) is 5.78 Å². The smallest absolute Gasteiger partial charge is 0.338 e. The second-order valence-corrected chi connectivity index (χ2v) is 3.81. The summed E-state index contributed by atoms with van der Waals surface area (Å²) in [6.07, 6.45) is 1.88. The number of esters is 1. The molecule has 0 amide bonds. The normalized spacial score (nSPS) is 10.0. The predicted octanol–water partition coefficient (Wildman–Crippen LogP) is 2.78. The van der Waals surface area contributed by atoms with Crippen LogP contribution in [0.5, 0.6) is 0 Å². The average molecular weight is 234 g/mol. The fourth-order valence-corrected chi connectivity index (χ4v) is 1.48. The summed E-state index contributed by atoms with van der Waals surface area (Å²) in [5, 5.41) is 0. The van der Waals surface area contributed by atoms with Crippen LogP contribution in [0.15, 0.2) is 24.3 Å². The van der Waals surface area contributed by atoms with Gasteiger partial charge in [0, 0.05) is 12.8 Å². The highest BCUT2D eigenvalue weighted by Gasteiger charge is 2.06. The van der Waals surface area contributed by atoms with Crippen molar-refractivity contribution >= 4 is 11.8 Å². The molecule has 0 N–H and O–H groups in total. The second-order valence-electron chi connectivity index (χ2n) is 3.81. The van der Waals surface area contributed by atoms with Crippen LogP contribution in [0.25, 0.3) is 0 Å². The van der Waals surface area contributed by atoms with E-state index in [2.05, 4.69) is 0 Å². The first-order valence-electron chi connectivity index (χ1n) is 5.95. The molecular formula is C14H18O3. The highest BCUT2D eigenvalue weighted by molar-refractivity contribution is 5.89. The Kier molecular flexibility index (Phi) is 5.40. The van der Waals surface area contributed by atoms with Crippen molar-refractivity contribution in [3.8, 4) is 0 Å². The number of aryl methyl sites for hydroxylation is 1. The molecule has 0 aliphatic carbocycles. The molecule has 0 saturated carbocycles. The molecular weight excluding hydrogens is 216 g/mol. The van der Waals surface area contributed by atoms with E-state index in [-0.39, 0.29) is 11.8 Å². The Balaban J connectivity index is 2.56. The molecule has 0 bridgehead atoms. The molecule has 3 heteroatoms. The number of ether oxygens (including phenoxy) is 1. The third-order valence-corrected chi connectivity index (χ3v) is 2.55. The summed E-state index contributed by atoms with van der Waals surface area (Å²) in [6, 6.07) is 7.22. The summed E-state index contributed by atoms with van der Waals surface area (Å²) >= 11 is 0. The zero-order valence-electron chi connectivity index (χ0n) is 10.4. The Hall–Kier alpha value is -1.64. The number of benzene rings is 1. The summed E-state index contributed by atoms with van der Waals surface area (Å²) in [7, 11) is 0. The van der Waals surface area contributed by atoms with Gasteiger partial charge in [-0.3, -0.25) is 4.79 Å². The minimum atomic E-state index is -0.302. The summed E-state index contributed by atoms with van der Waals surface area (Å²) < 4.78 is 4.89. The van der Waals surface area contributed by atoms with Crippen molar-refractivity contribution in [1.29, 1.82) is 0 Å². The van der Waals surface area contributed by atoms with E-state index >= 15 is 0 Å². The maximum atomic E-state index is 11.4. The Labute approximate surface area is 102 Å². The second kappa shape index (κ2) is 6.84. The van der Waals surface area contributed by atoms with E-state index in [4.69, 9.17) is 4.74 Å². The summed E-state index contributed by atoms with van der Waals surface area (Å²) in [5.41, 5.74) is 1.62. The third kappa shape index (κ3) is 4.39. The standard InChI is InChI=1S/C14H18O3/c1-3-13(15)10-7-11-5-8-12(9-6-11)14(16)17-4-2/h5-6,8-9H,3-4,7,10H2,1-2H3. The first-order chi connectivity index (χ1) is 8.17. The van der Waals surface area contributed by atoms with E-state index in [1.165, 1.54) is 0 Å². The van der Waals surface area contributed by atoms with Gasteiger partial charge in [0.05, 0.1) is 12.2 Å².